The molecule has 20 heavy (non-hydrogen) atoms. The van der Waals surface area contributed by atoms with Crippen LogP contribution in [0.2, 0.25) is 0 Å². The summed E-state index contributed by atoms with van der Waals surface area (Å²) >= 11 is 0. The van der Waals surface area contributed by atoms with Crippen molar-refractivity contribution in [2.45, 2.75) is 26.3 Å². The number of para-hydroxylation sites is 1. The molecule has 0 N–H and O–H groups in total. The van der Waals surface area contributed by atoms with E-state index in [4.69, 9.17) is 6.42 Å². The predicted molar refractivity (Wildman–Crippen MR) is 81.1 cm³/mol. The third-order valence-electron chi connectivity index (χ3n) is 4.03. The largest absolute Gasteiger partial charge is 0.296 e. The second kappa shape index (κ2) is 5.60. The first kappa shape index (κ1) is 13.1. The SMILES string of the molecule is C#CC1CCN(Cc2nc(C)c3ccccc3n2)CC1. The Labute approximate surface area is 120 Å². The van der Waals surface area contributed by atoms with Gasteiger partial charge in [-0.1, -0.05) is 18.2 Å². The number of hydrogen-bond donors (Lipinski definition) is 0. The number of piperidine rings is 1. The molecule has 0 spiro atoms. The Morgan fingerprint density at radius 2 is 2.00 bits per heavy atom. The zero-order chi connectivity index (χ0) is 13.9. The second-order valence-corrected chi connectivity index (χ2v) is 5.46. The smallest absolute Gasteiger partial charge is 0.143 e. The van der Waals surface area contributed by atoms with Crippen LogP contribution in [0.15, 0.2) is 24.3 Å². The first-order valence-corrected chi connectivity index (χ1v) is 7.17. The molecule has 1 fully saturated rings. The summed E-state index contributed by atoms with van der Waals surface area (Å²) in [5.74, 6) is 4.23. The number of rotatable bonds is 2. The van der Waals surface area contributed by atoms with Crippen molar-refractivity contribution in [3.63, 3.8) is 0 Å². The van der Waals surface area contributed by atoms with Crippen LogP contribution in [0.4, 0.5) is 0 Å². The number of aromatic nitrogens is 2. The van der Waals surface area contributed by atoms with Crippen molar-refractivity contribution >= 4 is 10.9 Å². The first-order chi connectivity index (χ1) is 9.76. The second-order valence-electron chi connectivity index (χ2n) is 5.46. The third kappa shape index (κ3) is 2.66. The Morgan fingerprint density at radius 3 is 2.75 bits per heavy atom. The molecule has 2 heterocycles. The van der Waals surface area contributed by atoms with E-state index in [1.165, 1.54) is 0 Å². The zero-order valence-electron chi connectivity index (χ0n) is 11.8. The lowest BCUT2D eigenvalue weighted by molar-refractivity contribution is 0.195. The molecule has 1 aromatic carbocycles. The van der Waals surface area contributed by atoms with E-state index in [-0.39, 0.29) is 0 Å². The normalized spacial score (nSPS) is 17.2. The molecule has 0 radical (unpaired) electrons. The quantitative estimate of drug-likeness (QED) is 0.782. The van der Waals surface area contributed by atoms with Crippen molar-refractivity contribution in [3.8, 4) is 12.3 Å². The lowest BCUT2D eigenvalue weighted by Crippen LogP contribution is -2.33. The minimum atomic E-state index is 0.450. The molecule has 3 nitrogen and oxygen atoms in total. The fourth-order valence-electron chi connectivity index (χ4n) is 2.82. The van der Waals surface area contributed by atoms with E-state index in [0.29, 0.717) is 5.92 Å². The number of terminal acetylenes is 1. The summed E-state index contributed by atoms with van der Waals surface area (Å²) in [6.07, 6.45) is 7.66. The molecule has 3 rings (SSSR count). The molecular formula is C17H19N3. The average Bonchev–Trinajstić information content (AvgIpc) is 2.48. The van der Waals surface area contributed by atoms with Crippen molar-refractivity contribution in [2.75, 3.05) is 13.1 Å². The maximum Gasteiger partial charge on any atom is 0.143 e. The summed E-state index contributed by atoms with van der Waals surface area (Å²) in [5, 5.41) is 1.14. The molecule has 0 amide bonds. The standard InChI is InChI=1S/C17H19N3/c1-3-14-8-10-20(11-9-14)12-17-18-13(2)15-6-4-5-7-16(15)19-17/h1,4-7,14H,8-12H2,2H3. The first-order valence-electron chi connectivity index (χ1n) is 7.17. The maximum absolute atomic E-state index is 5.49. The van der Waals surface area contributed by atoms with E-state index in [0.717, 1.165) is 54.9 Å². The number of fused-ring (bicyclic) bond motifs is 1. The van der Waals surface area contributed by atoms with Crippen LogP contribution in [0.5, 0.6) is 0 Å². The van der Waals surface area contributed by atoms with Gasteiger partial charge in [0.25, 0.3) is 0 Å². The van der Waals surface area contributed by atoms with Crippen molar-refractivity contribution in [3.05, 3.63) is 35.8 Å². The van der Waals surface area contributed by atoms with Gasteiger partial charge in [0.15, 0.2) is 0 Å². The van der Waals surface area contributed by atoms with Gasteiger partial charge in [-0.3, -0.25) is 4.90 Å². The van der Waals surface area contributed by atoms with Crippen LogP contribution in [-0.2, 0) is 6.54 Å². The molecule has 1 aliphatic heterocycles. The van der Waals surface area contributed by atoms with Gasteiger partial charge in [-0.25, -0.2) is 9.97 Å². The zero-order valence-corrected chi connectivity index (χ0v) is 11.8. The minimum Gasteiger partial charge on any atom is -0.296 e. The Kier molecular flexibility index (Phi) is 3.66. The molecule has 102 valence electrons. The van der Waals surface area contributed by atoms with Crippen LogP contribution in [0.1, 0.15) is 24.4 Å². The van der Waals surface area contributed by atoms with Gasteiger partial charge in [-0.15, -0.1) is 12.3 Å². The van der Waals surface area contributed by atoms with E-state index >= 15 is 0 Å². The highest BCUT2D eigenvalue weighted by molar-refractivity contribution is 5.80. The molecule has 1 aliphatic rings. The van der Waals surface area contributed by atoms with Gasteiger partial charge in [-0.05, 0) is 38.9 Å². The number of hydrogen-bond acceptors (Lipinski definition) is 3. The molecule has 1 saturated heterocycles. The highest BCUT2D eigenvalue weighted by Gasteiger charge is 2.18. The minimum absolute atomic E-state index is 0.450. The van der Waals surface area contributed by atoms with Crippen LogP contribution >= 0.6 is 0 Å². The Morgan fingerprint density at radius 1 is 1.25 bits per heavy atom. The molecule has 0 saturated carbocycles. The van der Waals surface area contributed by atoms with Crippen molar-refractivity contribution in [2.24, 2.45) is 5.92 Å². The van der Waals surface area contributed by atoms with E-state index in [2.05, 4.69) is 39.8 Å². The monoisotopic (exact) mass is 265 g/mol. The summed E-state index contributed by atoms with van der Waals surface area (Å²) in [6, 6.07) is 8.19. The summed E-state index contributed by atoms with van der Waals surface area (Å²) in [4.78, 5) is 11.7. The summed E-state index contributed by atoms with van der Waals surface area (Å²) < 4.78 is 0. The van der Waals surface area contributed by atoms with Gasteiger partial charge in [-0.2, -0.15) is 0 Å². The summed E-state index contributed by atoms with van der Waals surface area (Å²) in [7, 11) is 0. The Bertz CT molecular complexity index is 649. The fraction of sp³-hybridized carbons (Fsp3) is 0.412. The van der Waals surface area contributed by atoms with Crippen LogP contribution in [-0.4, -0.2) is 28.0 Å². The molecular weight excluding hydrogens is 246 g/mol. The van der Waals surface area contributed by atoms with E-state index in [9.17, 15) is 0 Å². The number of benzene rings is 1. The Balaban J connectivity index is 1.77. The van der Waals surface area contributed by atoms with Crippen molar-refractivity contribution in [1.82, 2.24) is 14.9 Å². The topological polar surface area (TPSA) is 29.0 Å². The van der Waals surface area contributed by atoms with Crippen LogP contribution < -0.4 is 0 Å². The highest BCUT2D eigenvalue weighted by Crippen LogP contribution is 2.19. The molecule has 3 heteroatoms. The van der Waals surface area contributed by atoms with Gasteiger partial charge in [0.2, 0.25) is 0 Å². The van der Waals surface area contributed by atoms with Crippen LogP contribution in [0.3, 0.4) is 0 Å². The van der Waals surface area contributed by atoms with E-state index in [1.54, 1.807) is 0 Å². The van der Waals surface area contributed by atoms with E-state index < -0.39 is 0 Å². The van der Waals surface area contributed by atoms with Gasteiger partial charge in [0, 0.05) is 17.0 Å². The molecule has 0 atom stereocenters. The number of nitrogens with zero attached hydrogens (tertiary/aromatic N) is 3. The molecule has 1 aromatic heterocycles. The molecule has 0 unspecified atom stereocenters. The van der Waals surface area contributed by atoms with Gasteiger partial charge in [0.1, 0.15) is 5.82 Å². The summed E-state index contributed by atoms with van der Waals surface area (Å²) in [5.41, 5.74) is 2.10. The van der Waals surface area contributed by atoms with Gasteiger partial charge in [0.05, 0.1) is 12.1 Å². The molecule has 2 aromatic rings. The molecule has 0 bridgehead atoms. The third-order valence-corrected chi connectivity index (χ3v) is 4.03. The fourth-order valence-corrected chi connectivity index (χ4v) is 2.82. The maximum atomic E-state index is 5.49. The van der Waals surface area contributed by atoms with E-state index in [1.807, 2.05) is 12.1 Å². The Hall–Kier alpha value is -1.92. The predicted octanol–water partition coefficient (Wildman–Crippen LogP) is 2.78. The van der Waals surface area contributed by atoms with Crippen LogP contribution in [0.25, 0.3) is 10.9 Å². The van der Waals surface area contributed by atoms with Crippen LogP contribution in [0, 0.1) is 25.2 Å². The highest BCUT2D eigenvalue weighted by atomic mass is 15.1. The van der Waals surface area contributed by atoms with Crippen molar-refractivity contribution < 1.29 is 0 Å². The lowest BCUT2D eigenvalue weighted by atomic mass is 9.98. The number of aryl methyl sites for hydroxylation is 1. The summed E-state index contributed by atoms with van der Waals surface area (Å²) in [6.45, 7) is 4.97. The van der Waals surface area contributed by atoms with Crippen molar-refractivity contribution in [1.29, 1.82) is 0 Å². The lowest BCUT2D eigenvalue weighted by Gasteiger charge is -2.29. The van der Waals surface area contributed by atoms with Gasteiger partial charge < -0.3 is 0 Å². The average molecular weight is 265 g/mol. The van der Waals surface area contributed by atoms with Gasteiger partial charge >= 0.3 is 0 Å². The molecule has 0 aliphatic carbocycles. The number of likely N-dealkylation sites (tertiary alicyclic amines) is 1.